The van der Waals surface area contributed by atoms with Gasteiger partial charge in [0.05, 0.1) is 16.0 Å². The third-order valence-corrected chi connectivity index (χ3v) is 5.85. The van der Waals surface area contributed by atoms with E-state index in [1.165, 1.54) is 35.2 Å². The van der Waals surface area contributed by atoms with Crippen LogP contribution in [-0.2, 0) is 4.79 Å². The molecule has 4 aromatic rings. The zero-order valence-electron chi connectivity index (χ0n) is 15.1. The molecule has 9 heteroatoms. The lowest BCUT2D eigenvalue weighted by Crippen LogP contribution is -2.14. The number of amides is 1. The molecule has 142 valence electrons. The van der Waals surface area contributed by atoms with E-state index in [4.69, 9.17) is 0 Å². The summed E-state index contributed by atoms with van der Waals surface area (Å²) in [6, 6.07) is 12.4. The van der Waals surface area contributed by atoms with Crippen molar-refractivity contribution in [1.29, 1.82) is 0 Å². The largest absolute Gasteiger partial charge is 0.301 e. The molecule has 0 aliphatic carbocycles. The molecular weight excluding hydrogens is 397 g/mol. The Morgan fingerprint density at radius 1 is 1.21 bits per heavy atom. The van der Waals surface area contributed by atoms with Crippen LogP contribution in [0.25, 0.3) is 15.9 Å². The first-order valence-corrected chi connectivity index (χ1v) is 10.3. The van der Waals surface area contributed by atoms with Crippen LogP contribution >= 0.6 is 23.1 Å². The van der Waals surface area contributed by atoms with Gasteiger partial charge in [0.2, 0.25) is 5.91 Å². The summed E-state index contributed by atoms with van der Waals surface area (Å²) in [5.74, 6) is 0.381. The van der Waals surface area contributed by atoms with Gasteiger partial charge in [0.25, 0.3) is 0 Å². The van der Waals surface area contributed by atoms with Gasteiger partial charge >= 0.3 is 0 Å². The number of fused-ring (bicyclic) bond motifs is 1. The van der Waals surface area contributed by atoms with Crippen LogP contribution in [0.5, 0.6) is 0 Å². The van der Waals surface area contributed by atoms with Crippen molar-refractivity contribution in [2.24, 2.45) is 0 Å². The van der Waals surface area contributed by atoms with Gasteiger partial charge in [-0.05, 0) is 49.7 Å². The highest BCUT2D eigenvalue weighted by Crippen LogP contribution is 2.27. The number of carbonyl (C=O) groups is 1. The molecule has 0 saturated carbocycles. The average molecular weight is 414 g/mol. The molecule has 2 heterocycles. The van der Waals surface area contributed by atoms with Gasteiger partial charge in [-0.3, -0.25) is 9.36 Å². The number of thioether (sulfide) groups is 1. The van der Waals surface area contributed by atoms with Crippen LogP contribution in [0.3, 0.4) is 0 Å². The van der Waals surface area contributed by atoms with Crippen molar-refractivity contribution in [3.63, 3.8) is 0 Å². The number of hydrogen-bond acceptors (Lipinski definition) is 6. The summed E-state index contributed by atoms with van der Waals surface area (Å²) in [6.07, 6.45) is 0. The first-order valence-electron chi connectivity index (χ1n) is 8.47. The Kier molecular flexibility index (Phi) is 5.10. The molecule has 4 rings (SSSR count). The summed E-state index contributed by atoms with van der Waals surface area (Å²) in [5.41, 5.74) is 2.74. The second-order valence-corrected chi connectivity index (χ2v) is 8.15. The quantitative estimate of drug-likeness (QED) is 0.492. The zero-order chi connectivity index (χ0) is 19.7. The molecule has 1 amide bonds. The minimum Gasteiger partial charge on any atom is -0.301 e. The Morgan fingerprint density at radius 3 is 2.89 bits per heavy atom. The molecule has 0 unspecified atom stereocenters. The fourth-order valence-corrected chi connectivity index (χ4v) is 4.44. The van der Waals surface area contributed by atoms with Gasteiger partial charge in [-0.15, -0.1) is 10.2 Å². The lowest BCUT2D eigenvalue weighted by Gasteiger charge is -2.09. The highest BCUT2D eigenvalue weighted by molar-refractivity contribution is 7.99. The Labute approximate surface area is 168 Å². The SMILES string of the molecule is Cc1cccc(-n2c(C)nnc2SCC(=O)Nc2nc3ccc(F)cc3s2)c1. The van der Waals surface area contributed by atoms with E-state index in [1.54, 1.807) is 6.07 Å². The maximum absolute atomic E-state index is 13.3. The van der Waals surface area contributed by atoms with Gasteiger partial charge in [0, 0.05) is 5.69 Å². The number of anilines is 1. The van der Waals surface area contributed by atoms with Crippen molar-refractivity contribution < 1.29 is 9.18 Å². The van der Waals surface area contributed by atoms with Crippen LogP contribution < -0.4 is 5.32 Å². The van der Waals surface area contributed by atoms with Crippen LogP contribution in [0.2, 0.25) is 0 Å². The third-order valence-electron chi connectivity index (χ3n) is 3.98. The van der Waals surface area contributed by atoms with E-state index in [-0.39, 0.29) is 17.5 Å². The molecule has 6 nitrogen and oxygen atoms in total. The predicted octanol–water partition coefficient (Wildman–Crippen LogP) is 4.36. The van der Waals surface area contributed by atoms with Crippen LogP contribution in [0.4, 0.5) is 9.52 Å². The van der Waals surface area contributed by atoms with Crippen LogP contribution in [-0.4, -0.2) is 31.4 Å². The number of thiazole rings is 1. The number of nitrogens with zero attached hydrogens (tertiary/aromatic N) is 4. The number of rotatable bonds is 5. The average Bonchev–Trinajstić information content (AvgIpc) is 3.22. The molecular formula is C19H16FN5OS2. The second kappa shape index (κ2) is 7.69. The topological polar surface area (TPSA) is 72.7 Å². The minimum absolute atomic E-state index is 0.161. The van der Waals surface area contributed by atoms with Crippen LogP contribution in [0.1, 0.15) is 11.4 Å². The highest BCUT2D eigenvalue weighted by atomic mass is 32.2. The number of halogens is 1. The monoisotopic (exact) mass is 413 g/mol. The van der Waals surface area contributed by atoms with E-state index in [9.17, 15) is 9.18 Å². The van der Waals surface area contributed by atoms with E-state index < -0.39 is 0 Å². The lowest BCUT2D eigenvalue weighted by molar-refractivity contribution is -0.113. The zero-order valence-corrected chi connectivity index (χ0v) is 16.8. The normalized spacial score (nSPS) is 11.1. The van der Waals surface area contributed by atoms with E-state index in [1.807, 2.05) is 42.7 Å². The Bertz CT molecular complexity index is 1170. The van der Waals surface area contributed by atoms with Crippen LogP contribution in [0, 0.1) is 19.7 Å². The molecule has 2 aromatic carbocycles. The van der Waals surface area contributed by atoms with Crippen molar-refractivity contribution in [2.75, 3.05) is 11.1 Å². The number of hydrogen-bond donors (Lipinski definition) is 1. The van der Waals surface area contributed by atoms with Crippen molar-refractivity contribution >= 4 is 44.4 Å². The number of carbonyl (C=O) groups excluding carboxylic acids is 1. The Balaban J connectivity index is 1.46. The molecule has 0 aliphatic rings. The first-order chi connectivity index (χ1) is 13.5. The number of nitrogens with one attached hydrogen (secondary N) is 1. The molecule has 0 aliphatic heterocycles. The molecule has 0 atom stereocenters. The summed E-state index contributed by atoms with van der Waals surface area (Å²) in [6.45, 7) is 3.90. The van der Waals surface area contributed by atoms with Gasteiger partial charge in [-0.2, -0.15) is 0 Å². The first kappa shape index (κ1) is 18.6. The highest BCUT2D eigenvalue weighted by Gasteiger charge is 2.14. The van der Waals surface area contributed by atoms with Gasteiger partial charge < -0.3 is 5.32 Å². The van der Waals surface area contributed by atoms with Crippen molar-refractivity contribution in [3.05, 3.63) is 59.7 Å². The van der Waals surface area contributed by atoms with Gasteiger partial charge in [0.15, 0.2) is 10.3 Å². The minimum atomic E-state index is -0.324. The fraction of sp³-hybridized carbons (Fsp3) is 0.158. The number of aromatic nitrogens is 4. The summed E-state index contributed by atoms with van der Waals surface area (Å²) in [5, 5.41) is 12.2. The smallest absolute Gasteiger partial charge is 0.236 e. The van der Waals surface area contributed by atoms with Gasteiger partial charge in [-0.1, -0.05) is 35.2 Å². The van der Waals surface area contributed by atoms with E-state index in [0.29, 0.717) is 20.5 Å². The fourth-order valence-electron chi connectivity index (χ4n) is 2.74. The number of benzene rings is 2. The maximum atomic E-state index is 13.3. The van der Waals surface area contributed by atoms with Gasteiger partial charge in [0.1, 0.15) is 11.6 Å². The van der Waals surface area contributed by atoms with Crippen LogP contribution in [0.15, 0.2) is 47.6 Å². The van der Waals surface area contributed by atoms with Crippen molar-refractivity contribution in [2.45, 2.75) is 19.0 Å². The molecule has 1 N–H and O–H groups in total. The van der Waals surface area contributed by atoms with Crippen molar-refractivity contribution in [1.82, 2.24) is 19.7 Å². The molecule has 0 radical (unpaired) electrons. The lowest BCUT2D eigenvalue weighted by atomic mass is 10.2. The van der Waals surface area contributed by atoms with E-state index >= 15 is 0 Å². The summed E-state index contributed by atoms with van der Waals surface area (Å²) in [4.78, 5) is 16.6. The molecule has 0 spiro atoms. The summed E-state index contributed by atoms with van der Waals surface area (Å²) in [7, 11) is 0. The van der Waals surface area contributed by atoms with E-state index in [2.05, 4.69) is 20.5 Å². The van der Waals surface area contributed by atoms with Crippen molar-refractivity contribution in [3.8, 4) is 5.69 Å². The van der Waals surface area contributed by atoms with E-state index in [0.717, 1.165) is 17.1 Å². The molecule has 0 saturated heterocycles. The Morgan fingerprint density at radius 2 is 2.07 bits per heavy atom. The molecule has 0 bridgehead atoms. The molecule has 2 aromatic heterocycles. The summed E-state index contributed by atoms with van der Waals surface area (Å²) < 4.78 is 15.9. The maximum Gasteiger partial charge on any atom is 0.236 e. The predicted molar refractivity (Wildman–Crippen MR) is 110 cm³/mol. The third kappa shape index (κ3) is 3.90. The summed E-state index contributed by atoms with van der Waals surface area (Å²) >= 11 is 2.54. The molecule has 28 heavy (non-hydrogen) atoms. The number of aryl methyl sites for hydroxylation is 2. The molecule has 0 fully saturated rings. The Hall–Kier alpha value is -2.78. The second-order valence-electron chi connectivity index (χ2n) is 6.17. The standard InChI is InChI=1S/C19H16FN5OS2/c1-11-4-3-5-14(8-11)25-12(2)23-24-19(25)27-10-17(26)22-18-21-15-7-6-13(20)9-16(15)28-18/h3-9H,10H2,1-2H3,(H,21,22,26). The van der Waals surface area contributed by atoms with Gasteiger partial charge in [-0.25, -0.2) is 9.37 Å².